The summed E-state index contributed by atoms with van der Waals surface area (Å²) in [5.41, 5.74) is 3.09. The van der Waals surface area contributed by atoms with E-state index in [-0.39, 0.29) is 29.3 Å². The van der Waals surface area contributed by atoms with Gasteiger partial charge in [-0.3, -0.25) is 4.79 Å². The number of carbonyl (C=O) groups excluding carboxylic acids is 1. The van der Waals surface area contributed by atoms with Gasteiger partial charge in [0, 0.05) is 12.5 Å². The summed E-state index contributed by atoms with van der Waals surface area (Å²) in [5.74, 6) is 0.0103. The maximum atomic E-state index is 13.9. The summed E-state index contributed by atoms with van der Waals surface area (Å²) in [6, 6.07) is 5.90. The van der Waals surface area contributed by atoms with Crippen LogP contribution in [0.4, 0.5) is 4.39 Å². The van der Waals surface area contributed by atoms with Crippen molar-refractivity contribution >= 4 is 5.91 Å². The molecule has 0 unspecified atom stereocenters. The molecule has 0 spiro atoms. The number of hydrogen-bond donors (Lipinski definition) is 2. The minimum Gasteiger partial charge on any atom is -0.502 e. The van der Waals surface area contributed by atoms with Gasteiger partial charge in [0.1, 0.15) is 5.82 Å². The molecule has 0 saturated heterocycles. The molecule has 1 aliphatic rings. The van der Waals surface area contributed by atoms with E-state index < -0.39 is 0 Å². The van der Waals surface area contributed by atoms with Gasteiger partial charge in [-0.1, -0.05) is 6.07 Å². The fourth-order valence-corrected chi connectivity index (χ4v) is 3.43. The van der Waals surface area contributed by atoms with Crippen molar-refractivity contribution in [1.29, 1.82) is 0 Å². The molecule has 3 rings (SSSR count). The number of benzene rings is 2. The first-order valence-corrected chi connectivity index (χ1v) is 8.00. The predicted octanol–water partition coefficient (Wildman–Crippen LogP) is 3.34. The first-order valence-electron chi connectivity index (χ1n) is 8.00. The average molecular weight is 345 g/mol. The van der Waals surface area contributed by atoms with E-state index in [9.17, 15) is 14.3 Å². The van der Waals surface area contributed by atoms with Crippen LogP contribution in [0.25, 0.3) is 11.1 Å². The van der Waals surface area contributed by atoms with Crippen LogP contribution in [0.3, 0.4) is 0 Å². The van der Waals surface area contributed by atoms with Gasteiger partial charge in [-0.2, -0.15) is 0 Å². The number of methoxy groups -OCH3 is 2. The summed E-state index contributed by atoms with van der Waals surface area (Å²) in [4.78, 5) is 11.6. The van der Waals surface area contributed by atoms with E-state index >= 15 is 0 Å². The van der Waals surface area contributed by atoms with Crippen LogP contribution in [0.1, 0.15) is 30.5 Å². The van der Waals surface area contributed by atoms with Gasteiger partial charge in [-0.15, -0.1) is 0 Å². The van der Waals surface area contributed by atoms with Gasteiger partial charge in [-0.25, -0.2) is 4.39 Å². The molecule has 1 amide bonds. The number of aromatic hydroxyl groups is 1. The lowest BCUT2D eigenvalue weighted by Crippen LogP contribution is -2.26. The second-order valence-electron chi connectivity index (χ2n) is 6.01. The molecule has 25 heavy (non-hydrogen) atoms. The van der Waals surface area contributed by atoms with Crippen LogP contribution >= 0.6 is 0 Å². The average Bonchev–Trinajstić information content (AvgIpc) is 2.71. The third kappa shape index (κ3) is 2.99. The molecule has 132 valence electrons. The molecule has 0 heterocycles. The molecule has 0 aromatic heterocycles. The van der Waals surface area contributed by atoms with Crippen molar-refractivity contribution in [2.75, 3.05) is 14.2 Å². The standard InChI is InChI=1S/C19H20FNO4/c1-10(22)21-16-7-6-13-14(12-5-4-11(20)8-15(12)16)9-17(24-2)18(23)19(13)25-3/h4-5,8-9,16,23H,6-7H2,1-3H3,(H,21,22)/t16-/m0/s1. The molecule has 2 N–H and O–H groups in total. The monoisotopic (exact) mass is 345 g/mol. The molecular weight excluding hydrogens is 325 g/mol. The minimum absolute atomic E-state index is 0.0645. The lowest BCUT2D eigenvalue weighted by molar-refractivity contribution is -0.119. The molecule has 0 radical (unpaired) electrons. The van der Waals surface area contributed by atoms with Gasteiger partial charge < -0.3 is 19.9 Å². The quantitative estimate of drug-likeness (QED) is 0.895. The van der Waals surface area contributed by atoms with Gasteiger partial charge in [0.15, 0.2) is 11.5 Å². The van der Waals surface area contributed by atoms with E-state index in [2.05, 4.69) is 5.32 Å². The van der Waals surface area contributed by atoms with E-state index in [1.54, 1.807) is 12.1 Å². The minimum atomic E-state index is -0.365. The van der Waals surface area contributed by atoms with Crippen LogP contribution in [0.5, 0.6) is 17.2 Å². The number of phenolic OH excluding ortho intramolecular Hbond substituents is 1. The molecule has 1 aliphatic carbocycles. The second-order valence-corrected chi connectivity index (χ2v) is 6.01. The van der Waals surface area contributed by atoms with E-state index in [1.807, 2.05) is 0 Å². The van der Waals surface area contributed by atoms with Gasteiger partial charge >= 0.3 is 0 Å². The molecule has 0 bridgehead atoms. The Morgan fingerprint density at radius 2 is 2.00 bits per heavy atom. The highest BCUT2D eigenvalue weighted by Gasteiger charge is 2.28. The SMILES string of the molecule is COc1cc2c(c(OC)c1O)CC[C@H](NC(C)=O)c1cc(F)ccc1-2. The van der Waals surface area contributed by atoms with Crippen LogP contribution in [0.2, 0.25) is 0 Å². The maximum Gasteiger partial charge on any atom is 0.217 e. The Bertz CT molecular complexity index is 835. The number of fused-ring (bicyclic) bond motifs is 3. The van der Waals surface area contributed by atoms with Crippen LogP contribution < -0.4 is 14.8 Å². The Kier molecular flexibility index (Phi) is 4.53. The lowest BCUT2D eigenvalue weighted by Gasteiger charge is -2.19. The Labute approximate surface area is 145 Å². The van der Waals surface area contributed by atoms with Gasteiger partial charge in [0.05, 0.1) is 20.3 Å². The Morgan fingerprint density at radius 3 is 2.64 bits per heavy atom. The summed E-state index contributed by atoms with van der Waals surface area (Å²) in [5, 5.41) is 13.2. The number of rotatable bonds is 3. The molecule has 0 saturated carbocycles. The van der Waals surface area contributed by atoms with Gasteiger partial charge in [0.2, 0.25) is 11.7 Å². The van der Waals surface area contributed by atoms with Crippen LogP contribution in [-0.2, 0) is 11.2 Å². The van der Waals surface area contributed by atoms with Crippen LogP contribution in [-0.4, -0.2) is 25.2 Å². The Morgan fingerprint density at radius 1 is 1.24 bits per heavy atom. The Hall–Kier alpha value is -2.76. The fourth-order valence-electron chi connectivity index (χ4n) is 3.43. The molecule has 6 heteroatoms. The molecule has 2 aromatic rings. The Balaban J connectivity index is 2.28. The fraction of sp³-hybridized carbons (Fsp3) is 0.316. The van der Waals surface area contributed by atoms with Gasteiger partial charge in [0.25, 0.3) is 0 Å². The number of phenols is 1. The second kappa shape index (κ2) is 6.63. The van der Waals surface area contributed by atoms with Crippen molar-refractivity contribution in [3.63, 3.8) is 0 Å². The normalized spacial score (nSPS) is 15.6. The third-order valence-corrected chi connectivity index (χ3v) is 4.49. The largest absolute Gasteiger partial charge is 0.502 e. The highest BCUT2D eigenvalue weighted by atomic mass is 19.1. The number of nitrogens with one attached hydrogen (secondary N) is 1. The summed E-state index contributed by atoms with van der Waals surface area (Å²) >= 11 is 0. The van der Waals surface area contributed by atoms with E-state index in [4.69, 9.17) is 9.47 Å². The molecule has 5 nitrogen and oxygen atoms in total. The van der Waals surface area contributed by atoms with Crippen molar-refractivity contribution in [3.05, 3.63) is 41.2 Å². The van der Waals surface area contributed by atoms with Crippen molar-refractivity contribution in [2.45, 2.75) is 25.8 Å². The third-order valence-electron chi connectivity index (χ3n) is 4.49. The first kappa shape index (κ1) is 17.1. The number of hydrogen-bond acceptors (Lipinski definition) is 4. The zero-order valence-electron chi connectivity index (χ0n) is 14.4. The molecule has 0 fully saturated rings. The maximum absolute atomic E-state index is 13.9. The molecule has 1 atom stereocenters. The van der Waals surface area contributed by atoms with E-state index in [1.165, 1.54) is 33.3 Å². The highest BCUT2D eigenvalue weighted by Crippen LogP contribution is 2.48. The molecular formula is C19H20FNO4. The zero-order chi connectivity index (χ0) is 18.1. The zero-order valence-corrected chi connectivity index (χ0v) is 14.4. The first-order chi connectivity index (χ1) is 12.0. The number of halogens is 1. The summed E-state index contributed by atoms with van der Waals surface area (Å²) in [7, 11) is 2.94. The molecule has 0 aliphatic heterocycles. The summed E-state index contributed by atoms with van der Waals surface area (Å²) in [6.45, 7) is 1.44. The topological polar surface area (TPSA) is 67.8 Å². The van der Waals surface area contributed by atoms with E-state index in [0.717, 1.165) is 16.7 Å². The van der Waals surface area contributed by atoms with Crippen LogP contribution in [0.15, 0.2) is 24.3 Å². The number of ether oxygens (including phenoxy) is 2. The van der Waals surface area contributed by atoms with Gasteiger partial charge in [-0.05, 0) is 47.7 Å². The summed E-state index contributed by atoms with van der Waals surface area (Å²) in [6.07, 6.45) is 1.11. The predicted molar refractivity (Wildman–Crippen MR) is 91.5 cm³/mol. The van der Waals surface area contributed by atoms with E-state index in [0.29, 0.717) is 24.2 Å². The number of carbonyl (C=O) groups is 1. The smallest absolute Gasteiger partial charge is 0.217 e. The molecule has 2 aromatic carbocycles. The number of amides is 1. The van der Waals surface area contributed by atoms with Crippen molar-refractivity contribution in [2.24, 2.45) is 0 Å². The highest BCUT2D eigenvalue weighted by molar-refractivity contribution is 5.80. The van der Waals surface area contributed by atoms with Crippen molar-refractivity contribution in [1.82, 2.24) is 5.32 Å². The summed E-state index contributed by atoms with van der Waals surface area (Å²) < 4.78 is 24.5. The lowest BCUT2D eigenvalue weighted by atomic mass is 9.94. The van der Waals surface area contributed by atoms with Crippen molar-refractivity contribution < 1.29 is 23.8 Å². The van der Waals surface area contributed by atoms with Crippen molar-refractivity contribution in [3.8, 4) is 28.4 Å². The van der Waals surface area contributed by atoms with Crippen LogP contribution in [0, 0.1) is 5.82 Å².